The maximum atomic E-state index is 13.0. The van der Waals surface area contributed by atoms with E-state index in [0.717, 1.165) is 32.1 Å². The number of hydrogen-bond acceptors (Lipinski definition) is 7. The van der Waals surface area contributed by atoms with E-state index in [9.17, 15) is 24.6 Å². The summed E-state index contributed by atoms with van der Waals surface area (Å²) in [6.45, 7) is 6.40. The molecule has 2 N–H and O–H groups in total. The van der Waals surface area contributed by atoms with Gasteiger partial charge in [0.1, 0.15) is 6.10 Å². The summed E-state index contributed by atoms with van der Waals surface area (Å²) in [7, 11) is 0. The Bertz CT molecular complexity index is 849. The fourth-order valence-corrected chi connectivity index (χ4v) is 7.76. The Kier molecular flexibility index (Phi) is 5.82. The Balaban J connectivity index is 1.59. The number of aliphatic hydroxyl groups excluding tert-OH is 1. The topological polar surface area (TPSA) is 110 Å². The molecule has 3 saturated carbocycles. The molecule has 0 aromatic rings. The van der Waals surface area contributed by atoms with Gasteiger partial charge in [-0.15, -0.1) is 0 Å². The van der Waals surface area contributed by atoms with Crippen molar-refractivity contribution in [3.05, 3.63) is 11.6 Å². The molecule has 0 aliphatic heterocycles. The molecule has 3 fully saturated rings. The number of carbonyl (C=O) groups excluding carboxylic acids is 3. The van der Waals surface area contributed by atoms with Crippen LogP contribution in [0.2, 0.25) is 0 Å². The summed E-state index contributed by atoms with van der Waals surface area (Å²) in [6.07, 6.45) is 6.31. The van der Waals surface area contributed by atoms with Crippen molar-refractivity contribution in [3.63, 3.8) is 0 Å². The van der Waals surface area contributed by atoms with Gasteiger partial charge in [-0.3, -0.25) is 14.4 Å². The van der Waals surface area contributed by atoms with E-state index >= 15 is 0 Å². The van der Waals surface area contributed by atoms with Gasteiger partial charge in [-0.1, -0.05) is 25.5 Å². The number of aliphatic hydroxyl groups is 2. The van der Waals surface area contributed by atoms with Gasteiger partial charge in [-0.25, -0.2) is 0 Å². The molecule has 0 aromatic heterocycles. The standard InChI is InChI=1S/C25H36O7/c1-14(26)31-13-22(29)25(30)21(28)12-20-18-6-5-16-11-17(32-15(2)27)7-9-23(16,3)19(18)8-10-24(20,25)4/h5,17-21,28,30H,6-13H2,1-4H3/t17?,18?,19?,20?,21-,23?,24?,25+/m1/s1. The minimum atomic E-state index is -1.91. The lowest BCUT2D eigenvalue weighted by Gasteiger charge is -2.58. The molecule has 4 rings (SSSR count). The van der Waals surface area contributed by atoms with E-state index in [1.54, 1.807) is 0 Å². The number of ether oxygens (including phenoxy) is 2. The highest BCUT2D eigenvalue weighted by Crippen LogP contribution is 2.67. The van der Waals surface area contributed by atoms with Crippen molar-refractivity contribution in [1.29, 1.82) is 0 Å². The number of ketones is 1. The van der Waals surface area contributed by atoms with E-state index in [1.165, 1.54) is 19.4 Å². The highest BCUT2D eigenvalue weighted by Gasteiger charge is 2.69. The third-order valence-electron chi connectivity index (χ3n) is 9.44. The van der Waals surface area contributed by atoms with E-state index in [0.29, 0.717) is 18.8 Å². The van der Waals surface area contributed by atoms with Gasteiger partial charge < -0.3 is 19.7 Å². The highest BCUT2D eigenvalue weighted by atomic mass is 16.5. The number of esters is 2. The van der Waals surface area contributed by atoms with Crippen molar-refractivity contribution < 1.29 is 34.1 Å². The Morgan fingerprint density at radius 3 is 2.47 bits per heavy atom. The van der Waals surface area contributed by atoms with Crippen LogP contribution in [0.15, 0.2) is 11.6 Å². The summed E-state index contributed by atoms with van der Waals surface area (Å²) < 4.78 is 10.4. The quantitative estimate of drug-likeness (QED) is 0.503. The highest BCUT2D eigenvalue weighted by molar-refractivity contribution is 5.91. The average Bonchev–Trinajstić information content (AvgIpc) is 2.93. The summed E-state index contributed by atoms with van der Waals surface area (Å²) in [5, 5.41) is 22.5. The van der Waals surface area contributed by atoms with Gasteiger partial charge in [0.25, 0.3) is 0 Å². The third-order valence-corrected chi connectivity index (χ3v) is 9.44. The molecule has 0 saturated heterocycles. The first-order valence-electron chi connectivity index (χ1n) is 11.9. The van der Waals surface area contributed by atoms with Crippen LogP contribution >= 0.6 is 0 Å². The molecule has 0 heterocycles. The third kappa shape index (κ3) is 3.35. The first-order chi connectivity index (χ1) is 14.9. The summed E-state index contributed by atoms with van der Waals surface area (Å²) in [4.78, 5) is 35.6. The maximum Gasteiger partial charge on any atom is 0.303 e. The first kappa shape index (κ1) is 23.4. The van der Waals surface area contributed by atoms with E-state index in [1.807, 2.05) is 6.92 Å². The lowest BCUT2D eigenvalue weighted by atomic mass is 9.46. The first-order valence-corrected chi connectivity index (χ1v) is 11.9. The van der Waals surface area contributed by atoms with Crippen LogP contribution in [-0.2, 0) is 23.9 Å². The summed E-state index contributed by atoms with van der Waals surface area (Å²) in [5.74, 6) is -0.761. The number of allylic oxidation sites excluding steroid dienone is 1. The zero-order chi connectivity index (χ0) is 23.5. The van der Waals surface area contributed by atoms with Crippen LogP contribution in [0.4, 0.5) is 0 Å². The zero-order valence-corrected chi connectivity index (χ0v) is 19.6. The van der Waals surface area contributed by atoms with E-state index in [2.05, 4.69) is 13.0 Å². The molecule has 0 aromatic carbocycles. The smallest absolute Gasteiger partial charge is 0.303 e. The minimum absolute atomic E-state index is 0.00310. The lowest BCUT2D eigenvalue weighted by Crippen LogP contribution is -2.61. The van der Waals surface area contributed by atoms with Crippen LogP contribution in [0.5, 0.6) is 0 Å². The molecule has 0 amide bonds. The van der Waals surface area contributed by atoms with Gasteiger partial charge in [-0.05, 0) is 61.7 Å². The molecule has 8 atom stereocenters. The molecule has 7 nitrogen and oxygen atoms in total. The maximum absolute atomic E-state index is 13.0. The SMILES string of the molecule is CC(=O)OCC(=O)[C@@]1(O)[C@H](O)CC2C3CC=C4CC(OC(C)=O)CCC4(C)C3CCC21C. The molecule has 0 radical (unpaired) electrons. The van der Waals surface area contributed by atoms with E-state index < -0.39 is 35.5 Å². The number of fused-ring (bicyclic) bond motifs is 5. The van der Waals surface area contributed by atoms with Gasteiger partial charge in [0.15, 0.2) is 12.2 Å². The zero-order valence-electron chi connectivity index (χ0n) is 19.6. The van der Waals surface area contributed by atoms with Crippen LogP contribution < -0.4 is 0 Å². The van der Waals surface area contributed by atoms with Crippen molar-refractivity contribution in [3.8, 4) is 0 Å². The Hall–Kier alpha value is -1.73. The Labute approximate surface area is 189 Å². The van der Waals surface area contributed by atoms with Gasteiger partial charge in [0.05, 0.1) is 6.10 Å². The number of carbonyl (C=O) groups is 3. The van der Waals surface area contributed by atoms with Gasteiger partial charge >= 0.3 is 11.9 Å². The molecular formula is C25H36O7. The number of rotatable bonds is 4. The molecule has 6 unspecified atom stereocenters. The van der Waals surface area contributed by atoms with Crippen molar-refractivity contribution >= 4 is 17.7 Å². The number of hydrogen-bond donors (Lipinski definition) is 2. The van der Waals surface area contributed by atoms with Crippen molar-refractivity contribution in [2.24, 2.45) is 28.6 Å². The van der Waals surface area contributed by atoms with Crippen LogP contribution in [0.3, 0.4) is 0 Å². The monoisotopic (exact) mass is 448 g/mol. The molecule has 0 spiro atoms. The molecule has 32 heavy (non-hydrogen) atoms. The lowest BCUT2D eigenvalue weighted by molar-refractivity contribution is -0.181. The number of Topliss-reactive ketones (excluding diaryl/α,β-unsaturated/α-hetero) is 1. The van der Waals surface area contributed by atoms with E-state index in [-0.39, 0.29) is 29.3 Å². The summed E-state index contributed by atoms with van der Waals surface area (Å²) in [5.41, 5.74) is -1.30. The summed E-state index contributed by atoms with van der Waals surface area (Å²) in [6, 6.07) is 0. The normalized spacial score (nSPS) is 45.1. The molecule has 178 valence electrons. The van der Waals surface area contributed by atoms with Crippen molar-refractivity contribution in [1.82, 2.24) is 0 Å². The van der Waals surface area contributed by atoms with Crippen molar-refractivity contribution in [2.75, 3.05) is 6.61 Å². The average molecular weight is 449 g/mol. The predicted octanol–water partition coefficient (Wildman–Crippen LogP) is 2.71. The Morgan fingerprint density at radius 2 is 1.81 bits per heavy atom. The van der Waals surface area contributed by atoms with Crippen LogP contribution in [-0.4, -0.2) is 52.4 Å². The second kappa shape index (κ2) is 7.94. The largest absolute Gasteiger partial charge is 0.462 e. The van der Waals surface area contributed by atoms with Crippen LogP contribution in [0, 0.1) is 28.6 Å². The molecular weight excluding hydrogens is 412 g/mol. The van der Waals surface area contributed by atoms with Crippen LogP contribution in [0.1, 0.15) is 72.6 Å². The van der Waals surface area contributed by atoms with Crippen molar-refractivity contribution in [2.45, 2.75) is 90.4 Å². The molecule has 0 bridgehead atoms. The second-order valence-corrected chi connectivity index (χ2v) is 10.9. The molecule has 4 aliphatic carbocycles. The van der Waals surface area contributed by atoms with Crippen LogP contribution in [0.25, 0.3) is 0 Å². The fourth-order valence-electron chi connectivity index (χ4n) is 7.76. The Morgan fingerprint density at radius 1 is 1.09 bits per heavy atom. The van der Waals surface area contributed by atoms with Gasteiger partial charge in [0, 0.05) is 25.7 Å². The molecule has 7 heteroatoms. The van der Waals surface area contributed by atoms with E-state index in [4.69, 9.17) is 9.47 Å². The second-order valence-electron chi connectivity index (χ2n) is 10.9. The summed E-state index contributed by atoms with van der Waals surface area (Å²) >= 11 is 0. The van der Waals surface area contributed by atoms with Gasteiger partial charge in [0.2, 0.25) is 5.78 Å². The predicted molar refractivity (Wildman–Crippen MR) is 115 cm³/mol. The minimum Gasteiger partial charge on any atom is -0.462 e. The molecule has 4 aliphatic rings. The van der Waals surface area contributed by atoms with Gasteiger partial charge in [-0.2, -0.15) is 0 Å². The fraction of sp³-hybridized carbons (Fsp3) is 0.800.